The van der Waals surface area contributed by atoms with E-state index in [9.17, 15) is 0 Å². The number of anilines is 1. The van der Waals surface area contributed by atoms with Crippen LogP contribution in [0.2, 0.25) is 10.0 Å². The van der Waals surface area contributed by atoms with Gasteiger partial charge < -0.3 is 5.32 Å². The van der Waals surface area contributed by atoms with E-state index >= 15 is 0 Å². The Morgan fingerprint density at radius 2 is 1.92 bits per heavy atom. The highest BCUT2D eigenvalue weighted by atomic mass is 35.5. The number of aryl methyl sites for hydroxylation is 1. The van der Waals surface area contributed by atoms with E-state index in [-0.39, 0.29) is 0 Å². The molecule has 0 spiro atoms. The molecule has 2 aromatic heterocycles. The van der Waals surface area contributed by atoms with Crippen molar-refractivity contribution < 1.29 is 0 Å². The average Bonchev–Trinajstić information content (AvgIpc) is 3.00. The number of hydrogen-bond acceptors (Lipinski definition) is 4. The summed E-state index contributed by atoms with van der Waals surface area (Å²) in [6, 6.07) is 15.7. The van der Waals surface area contributed by atoms with Crippen molar-refractivity contribution in [3.63, 3.8) is 0 Å². The molecule has 4 aromatic rings. The lowest BCUT2D eigenvalue weighted by Crippen LogP contribution is -2.00. The number of nitrogens with one attached hydrogen (secondary N) is 1. The molecule has 4 rings (SSSR count). The van der Waals surface area contributed by atoms with E-state index in [2.05, 4.69) is 16.4 Å². The van der Waals surface area contributed by atoms with Crippen molar-refractivity contribution in [2.75, 3.05) is 5.32 Å². The molecule has 0 aliphatic heterocycles. The van der Waals surface area contributed by atoms with Crippen LogP contribution in [0.15, 0.2) is 54.7 Å². The Hall–Kier alpha value is -2.14. The molecule has 3 nitrogen and oxygen atoms in total. The SMILES string of the molecule is Cc1sc(NCc2ccnc3ccccc23)nc1-c1ccc(Cl)cc1Cl. The van der Waals surface area contributed by atoms with Crippen molar-refractivity contribution in [1.82, 2.24) is 9.97 Å². The van der Waals surface area contributed by atoms with E-state index in [0.29, 0.717) is 16.6 Å². The van der Waals surface area contributed by atoms with Crippen LogP contribution in [0.4, 0.5) is 5.13 Å². The van der Waals surface area contributed by atoms with Gasteiger partial charge in [0.05, 0.1) is 16.2 Å². The van der Waals surface area contributed by atoms with E-state index < -0.39 is 0 Å². The second-order valence-corrected chi connectivity index (χ2v) is 7.94. The minimum absolute atomic E-state index is 0.609. The van der Waals surface area contributed by atoms with Gasteiger partial charge in [0.1, 0.15) is 0 Å². The van der Waals surface area contributed by atoms with Gasteiger partial charge in [0.15, 0.2) is 5.13 Å². The largest absolute Gasteiger partial charge is 0.357 e. The van der Waals surface area contributed by atoms with Gasteiger partial charge in [0.25, 0.3) is 0 Å². The van der Waals surface area contributed by atoms with Crippen molar-refractivity contribution in [1.29, 1.82) is 0 Å². The van der Waals surface area contributed by atoms with E-state index in [1.165, 1.54) is 5.56 Å². The van der Waals surface area contributed by atoms with Crippen molar-refractivity contribution in [3.8, 4) is 11.3 Å². The maximum absolute atomic E-state index is 6.34. The number of para-hydroxylation sites is 1. The third kappa shape index (κ3) is 3.40. The second kappa shape index (κ2) is 7.23. The molecule has 0 saturated carbocycles. The van der Waals surface area contributed by atoms with Crippen LogP contribution in [0, 0.1) is 6.92 Å². The summed E-state index contributed by atoms with van der Waals surface area (Å²) < 4.78 is 0. The topological polar surface area (TPSA) is 37.8 Å². The first kappa shape index (κ1) is 17.3. The molecule has 0 unspecified atom stereocenters. The van der Waals surface area contributed by atoms with E-state index in [1.54, 1.807) is 17.4 Å². The monoisotopic (exact) mass is 399 g/mol. The van der Waals surface area contributed by atoms with Crippen LogP contribution in [0.3, 0.4) is 0 Å². The predicted octanol–water partition coefficient (Wildman–Crippen LogP) is 6.59. The molecule has 0 atom stereocenters. The summed E-state index contributed by atoms with van der Waals surface area (Å²) in [7, 11) is 0. The lowest BCUT2D eigenvalue weighted by Gasteiger charge is -2.06. The zero-order chi connectivity index (χ0) is 18.1. The minimum atomic E-state index is 0.609. The van der Waals surface area contributed by atoms with Gasteiger partial charge in [-0.25, -0.2) is 4.98 Å². The fraction of sp³-hybridized carbons (Fsp3) is 0.100. The fourth-order valence-corrected chi connectivity index (χ4v) is 4.21. The third-order valence-corrected chi connectivity index (χ3v) is 5.63. The van der Waals surface area contributed by atoms with Crippen molar-refractivity contribution in [2.45, 2.75) is 13.5 Å². The number of fused-ring (bicyclic) bond motifs is 1. The first-order valence-corrected chi connectivity index (χ1v) is 9.68. The summed E-state index contributed by atoms with van der Waals surface area (Å²) in [5.41, 5.74) is 3.97. The number of pyridine rings is 1. The molecular formula is C20H15Cl2N3S. The number of benzene rings is 2. The Labute approximate surface area is 165 Å². The zero-order valence-corrected chi connectivity index (χ0v) is 16.3. The molecular weight excluding hydrogens is 385 g/mol. The number of nitrogens with zero attached hydrogens (tertiary/aromatic N) is 2. The standard InChI is InChI=1S/C20H15Cl2N3S/c1-12-19(16-7-6-14(21)10-17(16)22)25-20(26-12)24-11-13-8-9-23-18-5-3-2-4-15(13)18/h2-10H,11H2,1H3,(H,24,25). The Morgan fingerprint density at radius 1 is 1.08 bits per heavy atom. The molecule has 0 fully saturated rings. The van der Waals surface area contributed by atoms with Crippen molar-refractivity contribution in [3.05, 3.63) is 75.2 Å². The van der Waals surface area contributed by atoms with Crippen LogP contribution in [-0.2, 0) is 6.54 Å². The fourth-order valence-electron chi connectivity index (χ4n) is 2.88. The van der Waals surface area contributed by atoms with Crippen LogP contribution in [0.1, 0.15) is 10.4 Å². The third-order valence-electron chi connectivity index (χ3n) is 4.15. The maximum atomic E-state index is 6.34. The highest BCUT2D eigenvalue weighted by Crippen LogP contribution is 2.36. The zero-order valence-electron chi connectivity index (χ0n) is 14.0. The van der Waals surface area contributed by atoms with Gasteiger partial charge in [-0.05, 0) is 42.8 Å². The van der Waals surface area contributed by atoms with Crippen LogP contribution in [0.25, 0.3) is 22.2 Å². The first-order valence-electron chi connectivity index (χ1n) is 8.11. The first-order chi connectivity index (χ1) is 12.6. The number of aromatic nitrogens is 2. The summed E-state index contributed by atoms with van der Waals surface area (Å²) in [4.78, 5) is 10.2. The van der Waals surface area contributed by atoms with Crippen molar-refractivity contribution >= 4 is 50.6 Å². The van der Waals surface area contributed by atoms with Gasteiger partial charge in [0, 0.05) is 33.6 Å². The van der Waals surface area contributed by atoms with Crippen LogP contribution < -0.4 is 5.32 Å². The normalized spacial score (nSPS) is 11.0. The summed E-state index contributed by atoms with van der Waals surface area (Å²) >= 11 is 13.9. The molecule has 6 heteroatoms. The predicted molar refractivity (Wildman–Crippen MR) is 111 cm³/mol. The summed E-state index contributed by atoms with van der Waals surface area (Å²) in [6.45, 7) is 2.73. The van der Waals surface area contributed by atoms with Crippen LogP contribution in [-0.4, -0.2) is 9.97 Å². The van der Waals surface area contributed by atoms with E-state index in [4.69, 9.17) is 28.2 Å². The maximum Gasteiger partial charge on any atom is 0.183 e. The molecule has 2 heterocycles. The Bertz CT molecular complexity index is 1090. The van der Waals surface area contributed by atoms with Gasteiger partial charge in [-0.2, -0.15) is 0 Å². The lowest BCUT2D eigenvalue weighted by atomic mass is 10.1. The molecule has 0 aliphatic rings. The lowest BCUT2D eigenvalue weighted by molar-refractivity contribution is 1.14. The molecule has 0 saturated heterocycles. The summed E-state index contributed by atoms with van der Waals surface area (Å²) in [6.07, 6.45) is 1.84. The van der Waals surface area contributed by atoms with Crippen LogP contribution >= 0.6 is 34.5 Å². The Morgan fingerprint density at radius 3 is 2.77 bits per heavy atom. The number of rotatable bonds is 4. The van der Waals surface area contributed by atoms with Gasteiger partial charge >= 0.3 is 0 Å². The summed E-state index contributed by atoms with van der Waals surface area (Å²) in [5.74, 6) is 0. The molecule has 26 heavy (non-hydrogen) atoms. The molecule has 0 aliphatic carbocycles. The van der Waals surface area contributed by atoms with Gasteiger partial charge in [-0.1, -0.05) is 41.4 Å². The second-order valence-electron chi connectivity index (χ2n) is 5.89. The molecule has 1 N–H and O–H groups in total. The molecule has 130 valence electrons. The molecule has 0 amide bonds. The van der Waals surface area contributed by atoms with Gasteiger partial charge in [0.2, 0.25) is 0 Å². The van der Waals surface area contributed by atoms with Crippen molar-refractivity contribution in [2.24, 2.45) is 0 Å². The highest BCUT2D eigenvalue weighted by Gasteiger charge is 2.13. The molecule has 2 aromatic carbocycles. The Kier molecular flexibility index (Phi) is 4.81. The number of thiazole rings is 1. The molecule has 0 radical (unpaired) electrons. The Balaban J connectivity index is 1.60. The molecule has 0 bridgehead atoms. The van der Waals surface area contributed by atoms with E-state index in [1.807, 2.05) is 49.5 Å². The van der Waals surface area contributed by atoms with E-state index in [0.717, 1.165) is 32.2 Å². The highest BCUT2D eigenvalue weighted by molar-refractivity contribution is 7.16. The average molecular weight is 400 g/mol. The van der Waals surface area contributed by atoms with Gasteiger partial charge in [-0.3, -0.25) is 4.98 Å². The van der Waals surface area contributed by atoms with Crippen LogP contribution in [0.5, 0.6) is 0 Å². The number of halogens is 2. The summed E-state index contributed by atoms with van der Waals surface area (Å²) in [5, 5.41) is 6.67. The number of hydrogen-bond donors (Lipinski definition) is 1. The smallest absolute Gasteiger partial charge is 0.183 e. The minimum Gasteiger partial charge on any atom is -0.357 e. The quantitative estimate of drug-likeness (QED) is 0.420. The van der Waals surface area contributed by atoms with Gasteiger partial charge in [-0.15, -0.1) is 11.3 Å².